The normalized spacial score (nSPS) is 11.2. The van der Waals surface area contributed by atoms with Gasteiger partial charge in [0.15, 0.2) is 0 Å². The van der Waals surface area contributed by atoms with Crippen LogP contribution >= 0.6 is 0 Å². The third-order valence-electron chi connectivity index (χ3n) is 12.7. The number of furan rings is 2. The van der Waals surface area contributed by atoms with Gasteiger partial charge in [0.05, 0.1) is 0 Å². The molecule has 0 saturated carbocycles. The molecule has 0 bridgehead atoms. The quantitative estimate of drug-likeness (QED) is 0.130. The fourth-order valence-corrected chi connectivity index (χ4v) is 9.27. The zero-order valence-electron chi connectivity index (χ0n) is 37.1. The minimum Gasteiger partial charge on any atom is -0.456 e. The molecule has 0 radical (unpaired) electrons. The SMILES string of the molecule is c1ccc(N(c2ccc(-c3ccc(N(c4ccccc4)c4ccc(-c5ccc(-c6cccc7ccccc67)o5)cc4)cc3)cc2)c2ccc(-c3ccc(-c4ccc5ccccc5c4)o3)cc2)cc1. The summed E-state index contributed by atoms with van der Waals surface area (Å²) in [6.45, 7) is 0. The fraction of sp³-hybridized carbons (Fsp3) is 0. The Bertz CT molecular complexity index is 3640. The Balaban J connectivity index is 0.788. The maximum Gasteiger partial charge on any atom is 0.135 e. The summed E-state index contributed by atoms with van der Waals surface area (Å²) in [4.78, 5) is 4.58. The smallest absolute Gasteiger partial charge is 0.135 e. The molecular formula is C64H44N2O2. The van der Waals surface area contributed by atoms with E-state index in [1.807, 2.05) is 0 Å². The Labute approximate surface area is 395 Å². The van der Waals surface area contributed by atoms with Crippen LogP contribution in [0.5, 0.6) is 0 Å². The molecule has 0 aliphatic carbocycles. The van der Waals surface area contributed by atoms with Gasteiger partial charge < -0.3 is 18.6 Å². The second kappa shape index (κ2) is 17.7. The molecule has 0 aliphatic rings. The van der Waals surface area contributed by atoms with Gasteiger partial charge in [-0.15, -0.1) is 0 Å². The van der Waals surface area contributed by atoms with Crippen LogP contribution in [0.3, 0.4) is 0 Å². The van der Waals surface area contributed by atoms with Crippen LogP contribution in [0.25, 0.3) is 78.0 Å². The first-order chi connectivity index (χ1) is 33.7. The molecule has 0 aliphatic heterocycles. The van der Waals surface area contributed by atoms with E-state index in [2.05, 4.69) is 277 Å². The van der Waals surface area contributed by atoms with Crippen LogP contribution in [0.15, 0.2) is 276 Å². The topological polar surface area (TPSA) is 32.8 Å². The summed E-state index contributed by atoms with van der Waals surface area (Å²) >= 11 is 0. The second-order valence-corrected chi connectivity index (χ2v) is 16.9. The average molecular weight is 873 g/mol. The number of hydrogen-bond donors (Lipinski definition) is 0. The molecule has 2 heterocycles. The molecule has 0 amide bonds. The summed E-state index contributed by atoms with van der Waals surface area (Å²) in [6.07, 6.45) is 0. The molecule has 4 nitrogen and oxygen atoms in total. The third kappa shape index (κ3) is 7.91. The molecule has 0 spiro atoms. The van der Waals surface area contributed by atoms with Crippen LogP contribution in [0, 0.1) is 0 Å². The number of anilines is 6. The van der Waals surface area contributed by atoms with Crippen molar-refractivity contribution in [2.24, 2.45) is 0 Å². The van der Waals surface area contributed by atoms with E-state index in [1.54, 1.807) is 0 Å². The summed E-state index contributed by atoms with van der Waals surface area (Å²) in [5.74, 6) is 3.39. The average Bonchev–Trinajstić information content (AvgIpc) is 4.12. The van der Waals surface area contributed by atoms with E-state index >= 15 is 0 Å². The van der Waals surface area contributed by atoms with E-state index in [9.17, 15) is 0 Å². The van der Waals surface area contributed by atoms with Crippen molar-refractivity contribution in [3.8, 4) is 56.4 Å². The Morgan fingerprint density at radius 1 is 0.221 bits per heavy atom. The maximum atomic E-state index is 6.48. The van der Waals surface area contributed by atoms with Gasteiger partial charge in [-0.2, -0.15) is 0 Å². The zero-order chi connectivity index (χ0) is 45.2. The van der Waals surface area contributed by atoms with Crippen LogP contribution in [0.1, 0.15) is 0 Å². The van der Waals surface area contributed by atoms with Gasteiger partial charge in [0.25, 0.3) is 0 Å². The van der Waals surface area contributed by atoms with Crippen molar-refractivity contribution in [1.82, 2.24) is 0 Å². The van der Waals surface area contributed by atoms with Crippen molar-refractivity contribution in [3.05, 3.63) is 267 Å². The van der Waals surface area contributed by atoms with E-state index in [4.69, 9.17) is 8.83 Å². The van der Waals surface area contributed by atoms with Crippen molar-refractivity contribution in [1.29, 1.82) is 0 Å². The molecule has 4 heteroatoms. The first-order valence-corrected chi connectivity index (χ1v) is 23.0. The lowest BCUT2D eigenvalue weighted by atomic mass is 10.0. The first-order valence-electron chi connectivity index (χ1n) is 23.0. The highest BCUT2D eigenvalue weighted by atomic mass is 16.3. The van der Waals surface area contributed by atoms with E-state index in [0.717, 1.165) is 90.5 Å². The predicted octanol–water partition coefficient (Wildman–Crippen LogP) is 18.5. The number of para-hydroxylation sites is 2. The van der Waals surface area contributed by atoms with Crippen molar-refractivity contribution in [3.63, 3.8) is 0 Å². The largest absolute Gasteiger partial charge is 0.456 e. The maximum absolute atomic E-state index is 6.48. The number of nitrogens with zero attached hydrogens (tertiary/aromatic N) is 2. The first kappa shape index (κ1) is 40.4. The molecule has 68 heavy (non-hydrogen) atoms. The van der Waals surface area contributed by atoms with Gasteiger partial charge in [-0.25, -0.2) is 0 Å². The van der Waals surface area contributed by atoms with Crippen LogP contribution in [0.2, 0.25) is 0 Å². The summed E-state index contributed by atoms with van der Waals surface area (Å²) in [5.41, 5.74) is 12.9. The standard InChI is InChI=1S/C64H44N2O2/c1-3-16-53(17-4-1)65(57-36-28-49(29-37-57)61-40-41-63(67-61)52-23-22-45-12-7-8-14-51(45)44-52)55-32-24-46(25-33-55)47-26-34-56(35-27-47)66(54-18-5-2-6-19-54)58-38-30-50(31-39-58)62-42-43-64(68-62)60-21-11-15-48-13-9-10-20-59(48)60/h1-44H. The third-order valence-corrected chi connectivity index (χ3v) is 12.7. The highest BCUT2D eigenvalue weighted by molar-refractivity contribution is 5.96. The zero-order valence-corrected chi connectivity index (χ0v) is 37.1. The lowest BCUT2D eigenvalue weighted by Crippen LogP contribution is -2.10. The summed E-state index contributed by atoms with van der Waals surface area (Å²) in [7, 11) is 0. The summed E-state index contributed by atoms with van der Waals surface area (Å²) in [5, 5.41) is 4.79. The Kier molecular flexibility index (Phi) is 10.5. The lowest BCUT2D eigenvalue weighted by Gasteiger charge is -2.26. The number of fused-ring (bicyclic) bond motifs is 2. The van der Waals surface area contributed by atoms with Crippen LogP contribution in [-0.2, 0) is 0 Å². The summed E-state index contributed by atoms with van der Waals surface area (Å²) in [6, 6.07) is 93.8. The fourth-order valence-electron chi connectivity index (χ4n) is 9.27. The monoisotopic (exact) mass is 872 g/mol. The highest BCUT2D eigenvalue weighted by Gasteiger charge is 2.17. The Morgan fingerprint density at radius 3 is 1.12 bits per heavy atom. The molecule has 12 rings (SSSR count). The molecule has 0 fully saturated rings. The number of benzene rings is 10. The van der Waals surface area contributed by atoms with E-state index in [1.165, 1.54) is 21.5 Å². The van der Waals surface area contributed by atoms with Crippen LogP contribution in [0.4, 0.5) is 34.1 Å². The molecule has 0 atom stereocenters. The molecule has 10 aromatic carbocycles. The van der Waals surface area contributed by atoms with Gasteiger partial charge in [0.1, 0.15) is 23.0 Å². The molecule has 2 aromatic heterocycles. The van der Waals surface area contributed by atoms with Gasteiger partial charge in [0.2, 0.25) is 0 Å². The molecule has 12 aromatic rings. The van der Waals surface area contributed by atoms with E-state index in [0.29, 0.717) is 0 Å². The molecule has 0 unspecified atom stereocenters. The predicted molar refractivity (Wildman–Crippen MR) is 283 cm³/mol. The van der Waals surface area contributed by atoms with E-state index in [-0.39, 0.29) is 0 Å². The second-order valence-electron chi connectivity index (χ2n) is 16.9. The molecular weight excluding hydrogens is 829 g/mol. The van der Waals surface area contributed by atoms with Gasteiger partial charge >= 0.3 is 0 Å². The minimum atomic E-state index is 0.836. The molecule has 0 saturated heterocycles. The van der Waals surface area contributed by atoms with Crippen LogP contribution in [-0.4, -0.2) is 0 Å². The molecule has 322 valence electrons. The van der Waals surface area contributed by atoms with Crippen molar-refractivity contribution < 1.29 is 8.83 Å². The van der Waals surface area contributed by atoms with Gasteiger partial charge in [0, 0.05) is 56.4 Å². The minimum absolute atomic E-state index is 0.836. The van der Waals surface area contributed by atoms with Crippen molar-refractivity contribution in [2.45, 2.75) is 0 Å². The number of hydrogen-bond acceptors (Lipinski definition) is 4. The Hall–Kier alpha value is -9.12. The highest BCUT2D eigenvalue weighted by Crippen LogP contribution is 2.41. The van der Waals surface area contributed by atoms with Gasteiger partial charge in [-0.1, -0.05) is 140 Å². The Morgan fingerprint density at radius 2 is 0.588 bits per heavy atom. The van der Waals surface area contributed by atoms with E-state index < -0.39 is 0 Å². The summed E-state index contributed by atoms with van der Waals surface area (Å²) < 4.78 is 12.9. The van der Waals surface area contributed by atoms with Crippen molar-refractivity contribution in [2.75, 3.05) is 9.80 Å². The lowest BCUT2D eigenvalue weighted by molar-refractivity contribution is 0.597. The van der Waals surface area contributed by atoms with Gasteiger partial charge in [-0.3, -0.25) is 0 Å². The number of rotatable bonds is 11. The van der Waals surface area contributed by atoms with Gasteiger partial charge in [-0.05, 0) is 160 Å². The molecule has 0 N–H and O–H groups in total. The van der Waals surface area contributed by atoms with Crippen molar-refractivity contribution >= 4 is 55.7 Å². The van der Waals surface area contributed by atoms with Crippen LogP contribution < -0.4 is 9.80 Å².